The largest absolute Gasteiger partial charge is 0.348 e. The molecule has 7 heteroatoms. The summed E-state index contributed by atoms with van der Waals surface area (Å²) in [6.45, 7) is 1.27. The van der Waals surface area contributed by atoms with Crippen LogP contribution in [0.15, 0.2) is 24.3 Å². The van der Waals surface area contributed by atoms with Gasteiger partial charge in [0.25, 0.3) is 10.1 Å². The van der Waals surface area contributed by atoms with E-state index in [1.165, 1.54) is 6.92 Å². The van der Waals surface area contributed by atoms with Crippen molar-refractivity contribution in [2.24, 2.45) is 0 Å². The first kappa shape index (κ1) is 14.0. The highest BCUT2D eigenvalue weighted by atomic mass is 35.5. The summed E-state index contributed by atoms with van der Waals surface area (Å²) in [5, 5.41) is 2.95. The van der Waals surface area contributed by atoms with Crippen LogP contribution >= 0.6 is 11.6 Å². The van der Waals surface area contributed by atoms with Crippen LogP contribution in [-0.2, 0) is 14.9 Å². The van der Waals surface area contributed by atoms with E-state index in [0.29, 0.717) is 10.6 Å². The first-order chi connectivity index (χ1) is 7.78. The van der Waals surface area contributed by atoms with Crippen LogP contribution in [0.5, 0.6) is 0 Å². The summed E-state index contributed by atoms with van der Waals surface area (Å²) in [6, 6.07) is 5.55. The molecular formula is C10H12ClNO4S. The Balaban J connectivity index is 2.97. The van der Waals surface area contributed by atoms with Crippen molar-refractivity contribution in [2.45, 2.75) is 13.0 Å². The maximum absolute atomic E-state index is 11.0. The zero-order valence-corrected chi connectivity index (χ0v) is 10.6. The first-order valence-electron chi connectivity index (χ1n) is 4.75. The summed E-state index contributed by atoms with van der Waals surface area (Å²) < 4.78 is 30.5. The van der Waals surface area contributed by atoms with Crippen molar-refractivity contribution in [3.05, 3.63) is 34.9 Å². The molecule has 0 bridgehead atoms. The van der Waals surface area contributed by atoms with E-state index in [1.54, 1.807) is 24.3 Å². The van der Waals surface area contributed by atoms with Gasteiger partial charge in [-0.15, -0.1) is 0 Å². The Morgan fingerprint density at radius 2 is 1.94 bits per heavy atom. The van der Waals surface area contributed by atoms with Crippen LogP contribution in [-0.4, -0.2) is 24.6 Å². The number of halogens is 1. The molecule has 0 spiro atoms. The van der Waals surface area contributed by atoms with Crippen molar-refractivity contribution < 1.29 is 17.8 Å². The van der Waals surface area contributed by atoms with Crippen LogP contribution in [0.1, 0.15) is 18.5 Å². The minimum atomic E-state index is -4.17. The van der Waals surface area contributed by atoms with Crippen molar-refractivity contribution >= 4 is 27.6 Å². The number of amides is 1. The minimum Gasteiger partial charge on any atom is -0.348 e. The molecule has 0 saturated heterocycles. The molecule has 0 aliphatic rings. The highest BCUT2D eigenvalue weighted by Gasteiger charge is 2.19. The van der Waals surface area contributed by atoms with Gasteiger partial charge in [-0.25, -0.2) is 0 Å². The quantitative estimate of drug-likeness (QED) is 0.815. The average molecular weight is 278 g/mol. The van der Waals surface area contributed by atoms with Gasteiger partial charge in [-0.3, -0.25) is 9.35 Å². The molecule has 1 atom stereocenters. The summed E-state index contributed by atoms with van der Waals surface area (Å²) in [5.41, 5.74) is 0.558. The van der Waals surface area contributed by atoms with E-state index in [9.17, 15) is 13.2 Å². The van der Waals surface area contributed by atoms with E-state index in [2.05, 4.69) is 5.32 Å². The van der Waals surface area contributed by atoms with Crippen LogP contribution < -0.4 is 5.32 Å². The minimum absolute atomic E-state index is 0.381. The Bertz CT molecular complexity index is 498. The summed E-state index contributed by atoms with van der Waals surface area (Å²) in [7, 11) is -4.17. The van der Waals surface area contributed by atoms with Gasteiger partial charge in [0.1, 0.15) is 0 Å². The third kappa shape index (κ3) is 5.16. The van der Waals surface area contributed by atoms with Gasteiger partial charge in [-0.05, 0) is 17.7 Å². The lowest BCUT2D eigenvalue weighted by Gasteiger charge is -2.16. The predicted octanol–water partition coefficient (Wildman–Crippen LogP) is 1.41. The van der Waals surface area contributed by atoms with Gasteiger partial charge in [-0.1, -0.05) is 23.7 Å². The Morgan fingerprint density at radius 1 is 1.41 bits per heavy atom. The fraction of sp³-hybridized carbons (Fsp3) is 0.300. The molecule has 1 amide bonds. The van der Waals surface area contributed by atoms with Gasteiger partial charge in [0.05, 0.1) is 11.8 Å². The Hall–Kier alpha value is -1.11. The molecule has 0 radical (unpaired) electrons. The highest BCUT2D eigenvalue weighted by Crippen LogP contribution is 2.18. The highest BCUT2D eigenvalue weighted by molar-refractivity contribution is 7.85. The standard InChI is InChI=1S/C10H12ClNO4S/c1-7(13)12-10(6-17(14,15)16)8-2-4-9(11)5-3-8/h2-5,10H,6H2,1H3,(H,12,13)(H,14,15,16). The second-order valence-electron chi connectivity index (χ2n) is 3.55. The van der Waals surface area contributed by atoms with Crippen molar-refractivity contribution in [1.29, 1.82) is 0 Å². The van der Waals surface area contributed by atoms with Gasteiger partial charge in [0.2, 0.25) is 5.91 Å². The zero-order chi connectivity index (χ0) is 13.1. The molecule has 0 aromatic heterocycles. The average Bonchev–Trinajstić information content (AvgIpc) is 2.14. The topological polar surface area (TPSA) is 83.5 Å². The first-order valence-corrected chi connectivity index (χ1v) is 6.74. The van der Waals surface area contributed by atoms with E-state index in [-0.39, 0.29) is 5.91 Å². The fourth-order valence-corrected chi connectivity index (χ4v) is 2.20. The third-order valence-corrected chi connectivity index (χ3v) is 3.03. The molecule has 0 aliphatic heterocycles. The number of carbonyl (C=O) groups is 1. The molecule has 0 heterocycles. The van der Waals surface area contributed by atoms with Crippen molar-refractivity contribution in [3.63, 3.8) is 0 Å². The SMILES string of the molecule is CC(=O)NC(CS(=O)(=O)O)c1ccc(Cl)cc1. The Kier molecular flexibility index (Phi) is 4.50. The molecule has 1 unspecified atom stereocenters. The maximum Gasteiger partial charge on any atom is 0.267 e. The molecule has 1 aromatic carbocycles. The monoisotopic (exact) mass is 277 g/mol. The Morgan fingerprint density at radius 3 is 2.35 bits per heavy atom. The third-order valence-electron chi connectivity index (χ3n) is 2.03. The van der Waals surface area contributed by atoms with Crippen LogP contribution in [0.2, 0.25) is 5.02 Å². The second kappa shape index (κ2) is 5.48. The van der Waals surface area contributed by atoms with Gasteiger partial charge in [0.15, 0.2) is 0 Å². The van der Waals surface area contributed by atoms with E-state index in [1.807, 2.05) is 0 Å². The predicted molar refractivity (Wildman–Crippen MR) is 64.4 cm³/mol. The fourth-order valence-electron chi connectivity index (χ4n) is 1.37. The summed E-state index contributed by atoms with van der Waals surface area (Å²) >= 11 is 5.70. The molecule has 1 aromatic rings. The number of benzene rings is 1. The molecule has 17 heavy (non-hydrogen) atoms. The molecule has 0 saturated carbocycles. The van der Waals surface area contributed by atoms with Crippen molar-refractivity contribution in [2.75, 3.05) is 5.75 Å². The molecule has 0 aliphatic carbocycles. The lowest BCUT2D eigenvalue weighted by molar-refractivity contribution is -0.119. The summed E-state index contributed by atoms with van der Waals surface area (Å²) in [5.74, 6) is -0.956. The lowest BCUT2D eigenvalue weighted by Crippen LogP contribution is -2.31. The van der Waals surface area contributed by atoms with Crippen LogP contribution in [0.3, 0.4) is 0 Å². The molecule has 1 rings (SSSR count). The number of hydrogen-bond donors (Lipinski definition) is 2. The van der Waals surface area contributed by atoms with E-state index in [0.717, 1.165) is 0 Å². The van der Waals surface area contributed by atoms with Gasteiger partial charge in [-0.2, -0.15) is 8.42 Å². The van der Waals surface area contributed by atoms with Crippen molar-refractivity contribution in [1.82, 2.24) is 5.32 Å². The number of nitrogens with one attached hydrogen (secondary N) is 1. The smallest absolute Gasteiger partial charge is 0.267 e. The van der Waals surface area contributed by atoms with E-state index >= 15 is 0 Å². The Labute approximate surface area is 105 Å². The zero-order valence-electron chi connectivity index (χ0n) is 9.05. The molecule has 94 valence electrons. The summed E-state index contributed by atoms with van der Waals surface area (Å²) in [6.07, 6.45) is 0. The lowest BCUT2D eigenvalue weighted by atomic mass is 10.1. The van der Waals surface area contributed by atoms with Gasteiger partial charge in [0, 0.05) is 11.9 Å². The normalized spacial score (nSPS) is 13.1. The summed E-state index contributed by atoms with van der Waals surface area (Å²) in [4.78, 5) is 11.0. The van der Waals surface area contributed by atoms with Crippen molar-refractivity contribution in [3.8, 4) is 0 Å². The number of rotatable bonds is 4. The van der Waals surface area contributed by atoms with Crippen LogP contribution in [0, 0.1) is 0 Å². The number of carbonyl (C=O) groups excluding carboxylic acids is 1. The maximum atomic E-state index is 11.0. The van der Waals surface area contributed by atoms with Gasteiger partial charge >= 0.3 is 0 Å². The van der Waals surface area contributed by atoms with Gasteiger partial charge < -0.3 is 5.32 Å². The number of hydrogen-bond acceptors (Lipinski definition) is 3. The second-order valence-corrected chi connectivity index (χ2v) is 5.49. The van der Waals surface area contributed by atoms with E-state index in [4.69, 9.17) is 16.2 Å². The molecule has 5 nitrogen and oxygen atoms in total. The van der Waals surface area contributed by atoms with E-state index < -0.39 is 21.9 Å². The van der Waals surface area contributed by atoms with Crippen LogP contribution in [0.25, 0.3) is 0 Å². The molecule has 0 fully saturated rings. The molecular weight excluding hydrogens is 266 g/mol. The van der Waals surface area contributed by atoms with Crippen LogP contribution in [0.4, 0.5) is 0 Å². The molecule has 2 N–H and O–H groups in total.